The highest BCUT2D eigenvalue weighted by Gasteiger charge is 2.29. The highest BCUT2D eigenvalue weighted by molar-refractivity contribution is 5.99. The van der Waals surface area contributed by atoms with E-state index in [9.17, 15) is 4.79 Å². The maximum absolute atomic E-state index is 12.2. The second-order valence-corrected chi connectivity index (χ2v) is 9.28. The van der Waals surface area contributed by atoms with Gasteiger partial charge in [0.25, 0.3) is 0 Å². The third kappa shape index (κ3) is 3.52. The number of aromatic nitrogens is 7. The Kier molecular flexibility index (Phi) is 4.50. The van der Waals surface area contributed by atoms with Crippen LogP contribution < -0.4 is 5.32 Å². The summed E-state index contributed by atoms with van der Waals surface area (Å²) in [6.07, 6.45) is 12.9. The van der Waals surface area contributed by atoms with Gasteiger partial charge in [0.05, 0.1) is 58.7 Å². The molecule has 1 aliphatic rings. The van der Waals surface area contributed by atoms with Crippen molar-refractivity contribution in [2.75, 3.05) is 5.32 Å². The molecule has 9 heteroatoms. The molecule has 1 aliphatic carbocycles. The normalized spacial score (nSPS) is 13.5. The van der Waals surface area contributed by atoms with E-state index in [1.807, 2.05) is 54.5 Å². The zero-order chi connectivity index (χ0) is 24.2. The number of hydrogen-bond acceptors (Lipinski definition) is 5. The smallest absolute Gasteiger partial charge is 0.227 e. The van der Waals surface area contributed by atoms with Crippen LogP contribution in [0.2, 0.25) is 0 Å². The van der Waals surface area contributed by atoms with Crippen molar-refractivity contribution < 1.29 is 4.79 Å². The molecule has 0 atom stereocenters. The summed E-state index contributed by atoms with van der Waals surface area (Å²) in [6, 6.07) is 10.2. The number of anilines is 1. The molecular formula is C27H22N8O. The largest absolute Gasteiger partial charge is 0.352 e. The van der Waals surface area contributed by atoms with E-state index < -0.39 is 0 Å². The molecule has 176 valence electrons. The average Bonchev–Trinajstić information content (AvgIpc) is 3.30. The molecule has 1 saturated carbocycles. The molecule has 0 unspecified atom stereocenters. The number of fused-ring (bicyclic) bond motifs is 2. The van der Waals surface area contributed by atoms with Gasteiger partial charge in [0.15, 0.2) is 0 Å². The SMILES string of the molecule is Cc1cn(-c2cncc3[nH]c(-c4n[nH]c5ccc(-c6cncc(NC(=O)C7CC7)c6)cc45)cc23)cn1. The number of H-pyrrole nitrogens is 2. The zero-order valence-corrected chi connectivity index (χ0v) is 19.5. The van der Waals surface area contributed by atoms with Gasteiger partial charge in [0.2, 0.25) is 5.91 Å². The first kappa shape index (κ1) is 20.6. The first-order valence-electron chi connectivity index (χ1n) is 11.8. The van der Waals surface area contributed by atoms with Crippen LogP contribution in [0.15, 0.2) is 67.6 Å². The van der Waals surface area contributed by atoms with Gasteiger partial charge in [0, 0.05) is 34.6 Å². The predicted molar refractivity (Wildman–Crippen MR) is 138 cm³/mol. The molecule has 0 spiro atoms. The molecule has 6 aromatic rings. The van der Waals surface area contributed by atoms with Crippen LogP contribution in [-0.4, -0.2) is 40.6 Å². The summed E-state index contributed by atoms with van der Waals surface area (Å²) in [6.45, 7) is 1.96. The van der Waals surface area contributed by atoms with Crippen molar-refractivity contribution in [2.45, 2.75) is 19.8 Å². The molecule has 7 rings (SSSR count). The van der Waals surface area contributed by atoms with Crippen molar-refractivity contribution in [1.82, 2.24) is 34.7 Å². The van der Waals surface area contributed by atoms with E-state index in [4.69, 9.17) is 0 Å². The topological polar surface area (TPSA) is 117 Å². The summed E-state index contributed by atoms with van der Waals surface area (Å²) in [4.78, 5) is 28.8. The van der Waals surface area contributed by atoms with Gasteiger partial charge < -0.3 is 14.9 Å². The molecule has 1 amide bonds. The van der Waals surface area contributed by atoms with Gasteiger partial charge in [-0.05, 0) is 49.6 Å². The molecular weight excluding hydrogens is 452 g/mol. The van der Waals surface area contributed by atoms with Crippen molar-refractivity contribution in [2.24, 2.45) is 5.92 Å². The van der Waals surface area contributed by atoms with Crippen LogP contribution in [0.3, 0.4) is 0 Å². The number of pyridine rings is 2. The lowest BCUT2D eigenvalue weighted by Crippen LogP contribution is -2.13. The summed E-state index contributed by atoms with van der Waals surface area (Å²) >= 11 is 0. The maximum Gasteiger partial charge on any atom is 0.227 e. The molecule has 9 nitrogen and oxygen atoms in total. The standard InChI is InChI=1S/C27H22N8O/c1-15-13-35(14-30-15)25-12-29-11-24-20(25)8-23(32-24)26-21-7-17(4-5-22(21)33-34-26)18-6-19(10-28-9-18)31-27(36)16-2-3-16/h4-14,16,32H,2-3H2,1H3,(H,31,36)(H,33,34). The highest BCUT2D eigenvalue weighted by atomic mass is 16.2. The van der Waals surface area contributed by atoms with Gasteiger partial charge in [-0.1, -0.05) is 6.07 Å². The van der Waals surface area contributed by atoms with Crippen LogP contribution >= 0.6 is 0 Å². The van der Waals surface area contributed by atoms with Crippen LogP contribution in [0.25, 0.3) is 50.0 Å². The van der Waals surface area contributed by atoms with Gasteiger partial charge >= 0.3 is 0 Å². The number of imidazole rings is 1. The van der Waals surface area contributed by atoms with E-state index in [0.29, 0.717) is 5.69 Å². The lowest BCUT2D eigenvalue weighted by atomic mass is 10.0. The molecule has 0 bridgehead atoms. The number of aryl methyl sites for hydroxylation is 1. The fourth-order valence-electron chi connectivity index (χ4n) is 4.58. The van der Waals surface area contributed by atoms with Crippen LogP contribution in [0.4, 0.5) is 5.69 Å². The van der Waals surface area contributed by atoms with Crippen molar-refractivity contribution in [1.29, 1.82) is 0 Å². The molecule has 0 saturated heterocycles. The fraction of sp³-hybridized carbons (Fsp3) is 0.148. The summed E-state index contributed by atoms with van der Waals surface area (Å²) in [5, 5.41) is 12.8. The van der Waals surface area contributed by atoms with E-state index in [-0.39, 0.29) is 11.8 Å². The number of amides is 1. The Balaban J connectivity index is 1.28. The van der Waals surface area contributed by atoms with Crippen molar-refractivity contribution >= 4 is 33.4 Å². The number of carbonyl (C=O) groups excluding carboxylic acids is 1. The highest BCUT2D eigenvalue weighted by Crippen LogP contribution is 2.34. The Labute approximate surface area is 205 Å². The number of rotatable bonds is 5. The van der Waals surface area contributed by atoms with Gasteiger partial charge in [-0.25, -0.2) is 4.98 Å². The first-order chi connectivity index (χ1) is 17.6. The van der Waals surface area contributed by atoms with E-state index in [2.05, 4.69) is 47.6 Å². The monoisotopic (exact) mass is 474 g/mol. The zero-order valence-electron chi connectivity index (χ0n) is 19.5. The summed E-state index contributed by atoms with van der Waals surface area (Å²) in [5.41, 5.74) is 8.09. The third-order valence-corrected chi connectivity index (χ3v) is 6.62. The van der Waals surface area contributed by atoms with Crippen molar-refractivity contribution in [3.63, 3.8) is 0 Å². The van der Waals surface area contributed by atoms with Crippen molar-refractivity contribution in [3.05, 3.63) is 73.3 Å². The van der Waals surface area contributed by atoms with Crippen molar-refractivity contribution in [3.8, 4) is 28.2 Å². The van der Waals surface area contributed by atoms with E-state index in [1.54, 1.807) is 12.5 Å². The minimum absolute atomic E-state index is 0.0695. The van der Waals surface area contributed by atoms with E-state index >= 15 is 0 Å². The number of aromatic amines is 2. The summed E-state index contributed by atoms with van der Waals surface area (Å²) in [7, 11) is 0. The fourth-order valence-corrected chi connectivity index (χ4v) is 4.58. The molecule has 3 N–H and O–H groups in total. The Bertz CT molecular complexity index is 1770. The second kappa shape index (κ2) is 7.88. The van der Waals surface area contributed by atoms with Crippen LogP contribution in [-0.2, 0) is 4.79 Å². The second-order valence-electron chi connectivity index (χ2n) is 9.28. The Hall–Kier alpha value is -4.79. The number of nitrogens with zero attached hydrogens (tertiary/aromatic N) is 5. The third-order valence-electron chi connectivity index (χ3n) is 6.62. The quantitative estimate of drug-likeness (QED) is 0.325. The Morgan fingerprint density at radius 2 is 1.89 bits per heavy atom. The minimum Gasteiger partial charge on any atom is -0.352 e. The molecule has 0 radical (unpaired) electrons. The van der Waals surface area contributed by atoms with E-state index in [0.717, 1.165) is 68.5 Å². The first-order valence-corrected chi connectivity index (χ1v) is 11.8. The molecule has 5 heterocycles. The van der Waals surface area contributed by atoms with Crippen LogP contribution in [0, 0.1) is 12.8 Å². The maximum atomic E-state index is 12.2. The lowest BCUT2D eigenvalue weighted by molar-refractivity contribution is -0.117. The number of benzene rings is 1. The number of nitrogens with one attached hydrogen (secondary N) is 3. The Morgan fingerprint density at radius 3 is 2.72 bits per heavy atom. The van der Waals surface area contributed by atoms with Crippen LogP contribution in [0.1, 0.15) is 18.5 Å². The average molecular weight is 475 g/mol. The summed E-state index contributed by atoms with van der Waals surface area (Å²) < 4.78 is 1.98. The van der Waals surface area contributed by atoms with Gasteiger partial charge in [-0.3, -0.25) is 19.9 Å². The van der Waals surface area contributed by atoms with E-state index in [1.165, 1.54) is 0 Å². The number of carbonyl (C=O) groups is 1. The van der Waals surface area contributed by atoms with Gasteiger partial charge in [-0.2, -0.15) is 5.10 Å². The molecule has 0 aliphatic heterocycles. The molecule has 36 heavy (non-hydrogen) atoms. The summed E-state index contributed by atoms with van der Waals surface area (Å²) in [5.74, 6) is 0.211. The van der Waals surface area contributed by atoms with Crippen LogP contribution in [0.5, 0.6) is 0 Å². The minimum atomic E-state index is 0.0695. The predicted octanol–water partition coefficient (Wildman–Crippen LogP) is 5.01. The number of hydrogen-bond donors (Lipinski definition) is 3. The van der Waals surface area contributed by atoms with Gasteiger partial charge in [0.1, 0.15) is 5.69 Å². The molecule has 1 fully saturated rings. The lowest BCUT2D eigenvalue weighted by Gasteiger charge is -2.07. The Morgan fingerprint density at radius 1 is 1.00 bits per heavy atom. The molecule has 5 aromatic heterocycles. The molecule has 1 aromatic carbocycles. The van der Waals surface area contributed by atoms with Gasteiger partial charge in [-0.15, -0.1) is 0 Å².